The average molecular weight is 228 g/mol. The Bertz CT molecular complexity index is 534. The third-order valence-electron chi connectivity index (χ3n) is 3.48. The summed E-state index contributed by atoms with van der Waals surface area (Å²) >= 11 is 0. The fraction of sp³-hybridized carbons (Fsp3) is 0.357. The van der Waals surface area contributed by atoms with Crippen LogP contribution >= 0.6 is 0 Å². The zero-order valence-electron chi connectivity index (χ0n) is 9.69. The maximum absolute atomic E-state index is 9.99. The molecule has 1 heterocycles. The number of nitrogens with zero attached hydrogens (tertiary/aromatic N) is 1. The Morgan fingerprint density at radius 3 is 2.76 bits per heavy atom. The Labute approximate surface area is 100 Å². The summed E-state index contributed by atoms with van der Waals surface area (Å²) in [5.41, 5.74) is 0.478. The number of aliphatic hydroxyl groups is 1. The fourth-order valence-electron chi connectivity index (χ4n) is 2.18. The molecule has 17 heavy (non-hydrogen) atoms. The minimum atomic E-state index is -0.507. The van der Waals surface area contributed by atoms with Gasteiger partial charge in [-0.1, -0.05) is 18.2 Å². The minimum Gasteiger partial charge on any atom is -0.388 e. The molecule has 0 unspecified atom stereocenters. The van der Waals surface area contributed by atoms with Gasteiger partial charge in [0.1, 0.15) is 5.82 Å². The maximum atomic E-state index is 9.99. The molecule has 1 fully saturated rings. The molecule has 88 valence electrons. The smallest absolute Gasteiger partial charge is 0.126 e. The summed E-state index contributed by atoms with van der Waals surface area (Å²) in [5.74, 6) is 0.837. The SMILES string of the molecule is OC1(CNc2ccc3ccccc3n2)CCC1. The van der Waals surface area contributed by atoms with Gasteiger partial charge in [-0.15, -0.1) is 0 Å². The summed E-state index contributed by atoms with van der Waals surface area (Å²) in [6.45, 7) is 0.596. The highest BCUT2D eigenvalue weighted by Crippen LogP contribution is 2.31. The first kappa shape index (κ1) is 10.5. The number of rotatable bonds is 3. The first-order valence-corrected chi connectivity index (χ1v) is 6.07. The number of hydrogen-bond donors (Lipinski definition) is 2. The van der Waals surface area contributed by atoms with Crippen LogP contribution in [-0.4, -0.2) is 22.2 Å². The predicted octanol–water partition coefficient (Wildman–Crippen LogP) is 2.56. The first-order valence-electron chi connectivity index (χ1n) is 6.07. The van der Waals surface area contributed by atoms with Gasteiger partial charge < -0.3 is 10.4 Å². The standard InChI is InChI=1S/C14H16N2O/c17-14(8-3-9-14)10-15-13-7-6-11-4-1-2-5-12(11)16-13/h1-2,4-7,17H,3,8-10H2,(H,15,16). The van der Waals surface area contributed by atoms with Crippen LogP contribution < -0.4 is 5.32 Å². The number of hydrogen-bond acceptors (Lipinski definition) is 3. The molecular formula is C14H16N2O. The van der Waals surface area contributed by atoms with E-state index in [0.717, 1.165) is 36.0 Å². The van der Waals surface area contributed by atoms with Gasteiger partial charge in [0.2, 0.25) is 0 Å². The van der Waals surface area contributed by atoms with E-state index in [4.69, 9.17) is 0 Å². The van der Waals surface area contributed by atoms with Gasteiger partial charge in [0.15, 0.2) is 0 Å². The van der Waals surface area contributed by atoms with Gasteiger partial charge >= 0.3 is 0 Å². The summed E-state index contributed by atoms with van der Waals surface area (Å²) in [7, 11) is 0. The van der Waals surface area contributed by atoms with Gasteiger partial charge in [-0.3, -0.25) is 0 Å². The van der Waals surface area contributed by atoms with Crippen molar-refractivity contribution in [2.45, 2.75) is 24.9 Å². The van der Waals surface area contributed by atoms with Crippen molar-refractivity contribution in [3.63, 3.8) is 0 Å². The first-order chi connectivity index (χ1) is 8.25. The molecule has 0 radical (unpaired) electrons. The van der Waals surface area contributed by atoms with Gasteiger partial charge in [0.25, 0.3) is 0 Å². The van der Waals surface area contributed by atoms with Crippen molar-refractivity contribution in [3.05, 3.63) is 36.4 Å². The van der Waals surface area contributed by atoms with Gasteiger partial charge in [-0.25, -0.2) is 4.98 Å². The van der Waals surface area contributed by atoms with Crippen LogP contribution in [0.15, 0.2) is 36.4 Å². The highest BCUT2D eigenvalue weighted by molar-refractivity contribution is 5.80. The quantitative estimate of drug-likeness (QED) is 0.848. The highest BCUT2D eigenvalue weighted by Gasteiger charge is 2.33. The van der Waals surface area contributed by atoms with Crippen molar-refractivity contribution in [1.82, 2.24) is 4.98 Å². The average Bonchev–Trinajstić information content (AvgIpc) is 2.34. The zero-order valence-corrected chi connectivity index (χ0v) is 9.69. The lowest BCUT2D eigenvalue weighted by Crippen LogP contribution is -2.43. The summed E-state index contributed by atoms with van der Waals surface area (Å²) < 4.78 is 0. The molecule has 1 saturated carbocycles. The van der Waals surface area contributed by atoms with Gasteiger partial charge in [0.05, 0.1) is 11.1 Å². The van der Waals surface area contributed by atoms with Gasteiger partial charge in [-0.2, -0.15) is 0 Å². The molecule has 3 heteroatoms. The maximum Gasteiger partial charge on any atom is 0.126 e. The Kier molecular flexibility index (Phi) is 2.48. The lowest BCUT2D eigenvalue weighted by Gasteiger charge is -2.36. The van der Waals surface area contributed by atoms with Crippen molar-refractivity contribution in [2.24, 2.45) is 0 Å². The topological polar surface area (TPSA) is 45.1 Å². The van der Waals surface area contributed by atoms with Crippen LogP contribution in [0.25, 0.3) is 10.9 Å². The van der Waals surface area contributed by atoms with E-state index in [2.05, 4.69) is 16.4 Å². The molecular weight excluding hydrogens is 212 g/mol. The third kappa shape index (κ3) is 2.11. The molecule has 1 aromatic heterocycles. The predicted molar refractivity (Wildman–Crippen MR) is 69.0 cm³/mol. The molecule has 2 N–H and O–H groups in total. The molecule has 0 bridgehead atoms. The second kappa shape index (κ2) is 4.00. The van der Waals surface area contributed by atoms with E-state index in [1.807, 2.05) is 30.3 Å². The normalized spacial score (nSPS) is 17.7. The second-order valence-corrected chi connectivity index (χ2v) is 4.82. The van der Waals surface area contributed by atoms with Gasteiger partial charge in [0, 0.05) is 11.9 Å². The monoisotopic (exact) mass is 228 g/mol. The van der Waals surface area contributed by atoms with Crippen molar-refractivity contribution in [2.75, 3.05) is 11.9 Å². The molecule has 0 amide bonds. The Balaban J connectivity index is 1.76. The molecule has 0 spiro atoms. The van der Waals surface area contributed by atoms with E-state index in [9.17, 15) is 5.11 Å². The third-order valence-corrected chi connectivity index (χ3v) is 3.48. The lowest BCUT2D eigenvalue weighted by molar-refractivity contribution is -0.0202. The van der Waals surface area contributed by atoms with Crippen molar-refractivity contribution in [1.29, 1.82) is 0 Å². The van der Waals surface area contributed by atoms with E-state index < -0.39 is 5.60 Å². The van der Waals surface area contributed by atoms with Crippen LogP contribution in [0.4, 0.5) is 5.82 Å². The van der Waals surface area contributed by atoms with Crippen LogP contribution in [0.1, 0.15) is 19.3 Å². The van der Waals surface area contributed by atoms with Crippen LogP contribution in [0.5, 0.6) is 0 Å². The van der Waals surface area contributed by atoms with Crippen LogP contribution in [0, 0.1) is 0 Å². The molecule has 2 aromatic rings. The van der Waals surface area contributed by atoms with E-state index in [1.54, 1.807) is 0 Å². The fourth-order valence-corrected chi connectivity index (χ4v) is 2.18. The number of nitrogens with one attached hydrogen (secondary N) is 1. The summed E-state index contributed by atoms with van der Waals surface area (Å²) in [5, 5.41) is 14.4. The summed E-state index contributed by atoms with van der Waals surface area (Å²) in [6.07, 6.45) is 2.92. The van der Waals surface area contributed by atoms with Crippen LogP contribution in [0.2, 0.25) is 0 Å². The number of para-hydroxylation sites is 1. The molecule has 3 nitrogen and oxygen atoms in total. The number of pyridine rings is 1. The van der Waals surface area contributed by atoms with Crippen molar-refractivity contribution in [3.8, 4) is 0 Å². The number of anilines is 1. The molecule has 1 aromatic carbocycles. The van der Waals surface area contributed by atoms with E-state index in [-0.39, 0.29) is 0 Å². The summed E-state index contributed by atoms with van der Waals surface area (Å²) in [4.78, 5) is 4.51. The summed E-state index contributed by atoms with van der Waals surface area (Å²) in [6, 6.07) is 12.1. The molecule has 0 saturated heterocycles. The van der Waals surface area contributed by atoms with Gasteiger partial charge in [-0.05, 0) is 37.5 Å². The van der Waals surface area contributed by atoms with Crippen LogP contribution in [-0.2, 0) is 0 Å². The minimum absolute atomic E-state index is 0.507. The van der Waals surface area contributed by atoms with E-state index in [1.165, 1.54) is 0 Å². The van der Waals surface area contributed by atoms with Crippen molar-refractivity contribution >= 4 is 16.7 Å². The highest BCUT2D eigenvalue weighted by atomic mass is 16.3. The second-order valence-electron chi connectivity index (χ2n) is 4.82. The largest absolute Gasteiger partial charge is 0.388 e. The molecule has 1 aliphatic rings. The number of benzene rings is 1. The number of aromatic nitrogens is 1. The molecule has 0 aliphatic heterocycles. The molecule has 1 aliphatic carbocycles. The Morgan fingerprint density at radius 2 is 2.00 bits per heavy atom. The molecule has 0 atom stereocenters. The van der Waals surface area contributed by atoms with E-state index in [0.29, 0.717) is 6.54 Å². The van der Waals surface area contributed by atoms with E-state index >= 15 is 0 Å². The van der Waals surface area contributed by atoms with Crippen LogP contribution in [0.3, 0.4) is 0 Å². The molecule has 3 rings (SSSR count). The van der Waals surface area contributed by atoms with Crippen molar-refractivity contribution < 1.29 is 5.11 Å². The lowest BCUT2D eigenvalue weighted by atomic mass is 9.80. The Morgan fingerprint density at radius 1 is 1.18 bits per heavy atom. The Hall–Kier alpha value is -1.61. The number of fused-ring (bicyclic) bond motifs is 1. The zero-order chi connectivity index (χ0) is 11.7.